The normalized spacial score (nSPS) is 18.0. The number of hydrogen-bond acceptors (Lipinski definition) is 7. The predicted octanol–water partition coefficient (Wildman–Crippen LogP) is 1.33. The molecule has 0 aromatic heterocycles. The highest BCUT2D eigenvalue weighted by molar-refractivity contribution is 5.96. The van der Waals surface area contributed by atoms with Crippen molar-refractivity contribution < 1.29 is 28.8 Å². The van der Waals surface area contributed by atoms with Crippen molar-refractivity contribution in [1.29, 1.82) is 0 Å². The van der Waals surface area contributed by atoms with Crippen molar-refractivity contribution in [2.24, 2.45) is 0 Å². The van der Waals surface area contributed by atoms with E-state index in [1.807, 2.05) is 0 Å². The quantitative estimate of drug-likeness (QED) is 0.491. The van der Waals surface area contributed by atoms with E-state index < -0.39 is 5.97 Å². The fourth-order valence-corrected chi connectivity index (χ4v) is 2.20. The molecule has 1 aromatic carbocycles. The van der Waals surface area contributed by atoms with Gasteiger partial charge in [0.15, 0.2) is 11.5 Å². The summed E-state index contributed by atoms with van der Waals surface area (Å²) < 4.78 is 21.5. The molecule has 0 aliphatic carbocycles. The fourth-order valence-electron chi connectivity index (χ4n) is 2.20. The van der Waals surface area contributed by atoms with Crippen LogP contribution in [-0.2, 0) is 9.47 Å². The van der Waals surface area contributed by atoms with Crippen LogP contribution in [0.15, 0.2) is 12.1 Å². The fraction of sp³-hybridized carbons (Fsp3) is 0.533. The molecule has 1 heterocycles. The summed E-state index contributed by atoms with van der Waals surface area (Å²) in [6, 6.07) is 3.10. The van der Waals surface area contributed by atoms with Crippen molar-refractivity contribution in [2.75, 3.05) is 32.3 Å². The molecule has 1 aromatic rings. The third-order valence-electron chi connectivity index (χ3n) is 3.32. The zero-order chi connectivity index (χ0) is 15.9. The van der Waals surface area contributed by atoms with Gasteiger partial charge in [0.2, 0.25) is 0 Å². The van der Waals surface area contributed by atoms with Gasteiger partial charge in [-0.2, -0.15) is 0 Å². The molecule has 1 atom stereocenters. The number of aliphatic hydroxyl groups is 1. The largest absolute Gasteiger partial charge is 0.490 e. The first-order valence-electron chi connectivity index (χ1n) is 7.24. The standard InChI is InChI=1S/C15H21NO6/c1-2-19-15(18)11-7-13-14(8-12(11)16)21-6-4-10(22-9-17)3-5-20-13/h7-8,10,17H,2-6,9,16H2,1H3. The summed E-state index contributed by atoms with van der Waals surface area (Å²) in [5.74, 6) is 0.435. The summed E-state index contributed by atoms with van der Waals surface area (Å²) in [6.07, 6.45) is 1.10. The Kier molecular flexibility index (Phi) is 5.85. The van der Waals surface area contributed by atoms with Crippen LogP contribution in [0.4, 0.5) is 5.69 Å². The zero-order valence-corrected chi connectivity index (χ0v) is 12.5. The molecule has 7 heteroatoms. The minimum atomic E-state index is -0.493. The first kappa shape index (κ1) is 16.4. The third kappa shape index (κ3) is 4.02. The molecule has 22 heavy (non-hydrogen) atoms. The molecule has 0 radical (unpaired) electrons. The maximum absolute atomic E-state index is 11.9. The van der Waals surface area contributed by atoms with Crippen molar-refractivity contribution in [1.82, 2.24) is 0 Å². The molecule has 0 bridgehead atoms. The first-order chi connectivity index (χ1) is 10.7. The zero-order valence-electron chi connectivity index (χ0n) is 12.5. The molecule has 0 saturated carbocycles. The van der Waals surface area contributed by atoms with Gasteiger partial charge in [-0.3, -0.25) is 0 Å². The molecule has 7 nitrogen and oxygen atoms in total. The maximum atomic E-state index is 11.9. The Hall–Kier alpha value is -1.99. The number of benzene rings is 1. The van der Waals surface area contributed by atoms with Crippen LogP contribution in [0.5, 0.6) is 11.5 Å². The van der Waals surface area contributed by atoms with Crippen LogP contribution in [0.3, 0.4) is 0 Å². The van der Waals surface area contributed by atoms with E-state index in [-0.39, 0.29) is 30.8 Å². The van der Waals surface area contributed by atoms with E-state index in [2.05, 4.69) is 0 Å². The summed E-state index contributed by atoms with van der Waals surface area (Å²) in [4.78, 5) is 11.9. The van der Waals surface area contributed by atoms with Crippen molar-refractivity contribution in [3.05, 3.63) is 17.7 Å². The SMILES string of the molecule is CCOC(=O)c1cc2c(cc1N)OCCC(OCO)CCO2. The number of aliphatic hydroxyl groups excluding tert-OH is 1. The number of carbonyl (C=O) groups is 1. The summed E-state index contributed by atoms with van der Waals surface area (Å²) in [6.45, 7) is 2.45. The lowest BCUT2D eigenvalue weighted by molar-refractivity contribution is -0.0612. The van der Waals surface area contributed by atoms with Crippen LogP contribution >= 0.6 is 0 Å². The Labute approximate surface area is 128 Å². The summed E-state index contributed by atoms with van der Waals surface area (Å²) in [7, 11) is 0. The van der Waals surface area contributed by atoms with Gasteiger partial charge in [-0.25, -0.2) is 4.79 Å². The van der Waals surface area contributed by atoms with Crippen LogP contribution in [0.1, 0.15) is 30.1 Å². The van der Waals surface area contributed by atoms with Gasteiger partial charge in [0.1, 0.15) is 6.79 Å². The number of fused-ring (bicyclic) bond motifs is 1. The van der Waals surface area contributed by atoms with Gasteiger partial charge in [0, 0.05) is 25.0 Å². The molecule has 2 rings (SSSR count). The van der Waals surface area contributed by atoms with Crippen LogP contribution in [0.2, 0.25) is 0 Å². The highest BCUT2D eigenvalue weighted by Gasteiger charge is 2.19. The Balaban J connectivity index is 2.18. The average molecular weight is 311 g/mol. The number of hydrogen-bond donors (Lipinski definition) is 2. The molecule has 122 valence electrons. The van der Waals surface area contributed by atoms with E-state index in [1.54, 1.807) is 13.0 Å². The van der Waals surface area contributed by atoms with E-state index in [4.69, 9.17) is 29.8 Å². The number of rotatable bonds is 4. The number of anilines is 1. The van der Waals surface area contributed by atoms with Crippen molar-refractivity contribution in [2.45, 2.75) is 25.9 Å². The second kappa shape index (κ2) is 7.86. The summed E-state index contributed by atoms with van der Waals surface area (Å²) in [5.41, 5.74) is 6.42. The van der Waals surface area contributed by atoms with E-state index in [0.717, 1.165) is 0 Å². The molecule has 1 unspecified atom stereocenters. The molecule has 0 spiro atoms. The lowest BCUT2D eigenvalue weighted by Crippen LogP contribution is -2.19. The minimum absolute atomic E-state index is 0.138. The Morgan fingerprint density at radius 2 is 1.95 bits per heavy atom. The molecule has 0 saturated heterocycles. The van der Waals surface area contributed by atoms with E-state index in [0.29, 0.717) is 37.6 Å². The Morgan fingerprint density at radius 3 is 2.55 bits per heavy atom. The lowest BCUT2D eigenvalue weighted by Gasteiger charge is -2.14. The molecule has 0 fully saturated rings. The van der Waals surface area contributed by atoms with Crippen molar-refractivity contribution in [3.63, 3.8) is 0 Å². The highest BCUT2D eigenvalue weighted by atomic mass is 16.6. The second-order valence-electron chi connectivity index (χ2n) is 4.80. The average Bonchev–Trinajstić information content (AvgIpc) is 2.57. The van der Waals surface area contributed by atoms with Gasteiger partial charge >= 0.3 is 5.97 Å². The summed E-state index contributed by atoms with van der Waals surface area (Å²) in [5, 5.41) is 8.84. The Morgan fingerprint density at radius 1 is 1.32 bits per heavy atom. The maximum Gasteiger partial charge on any atom is 0.340 e. The number of ether oxygens (including phenoxy) is 4. The summed E-state index contributed by atoms with van der Waals surface area (Å²) >= 11 is 0. The van der Waals surface area contributed by atoms with Crippen LogP contribution < -0.4 is 15.2 Å². The lowest BCUT2D eigenvalue weighted by atomic mass is 10.1. The van der Waals surface area contributed by atoms with Gasteiger partial charge in [-0.15, -0.1) is 0 Å². The van der Waals surface area contributed by atoms with Gasteiger partial charge in [-0.05, 0) is 6.92 Å². The molecule has 0 amide bonds. The van der Waals surface area contributed by atoms with E-state index >= 15 is 0 Å². The van der Waals surface area contributed by atoms with E-state index in [9.17, 15) is 4.79 Å². The Bertz CT molecular complexity index is 519. The number of carbonyl (C=O) groups excluding carboxylic acids is 1. The molecule has 3 N–H and O–H groups in total. The topological polar surface area (TPSA) is 100 Å². The number of nitrogens with two attached hydrogens (primary N) is 1. The second-order valence-corrected chi connectivity index (χ2v) is 4.80. The van der Waals surface area contributed by atoms with Gasteiger partial charge < -0.3 is 29.8 Å². The molecular weight excluding hydrogens is 290 g/mol. The van der Waals surface area contributed by atoms with Crippen LogP contribution in [-0.4, -0.2) is 43.8 Å². The van der Waals surface area contributed by atoms with Crippen LogP contribution in [0, 0.1) is 0 Å². The van der Waals surface area contributed by atoms with Crippen molar-refractivity contribution >= 4 is 11.7 Å². The first-order valence-corrected chi connectivity index (χ1v) is 7.24. The smallest absolute Gasteiger partial charge is 0.340 e. The van der Waals surface area contributed by atoms with Gasteiger partial charge in [0.05, 0.1) is 37.2 Å². The highest BCUT2D eigenvalue weighted by Crippen LogP contribution is 2.34. The monoisotopic (exact) mass is 311 g/mol. The number of nitrogen functional groups attached to an aromatic ring is 1. The number of esters is 1. The molecule has 1 aliphatic heterocycles. The van der Waals surface area contributed by atoms with Crippen molar-refractivity contribution in [3.8, 4) is 11.5 Å². The third-order valence-corrected chi connectivity index (χ3v) is 3.32. The molecular formula is C15H21NO6. The predicted molar refractivity (Wildman–Crippen MR) is 79.0 cm³/mol. The van der Waals surface area contributed by atoms with E-state index in [1.165, 1.54) is 6.07 Å². The minimum Gasteiger partial charge on any atom is -0.490 e. The van der Waals surface area contributed by atoms with Gasteiger partial charge in [0.25, 0.3) is 0 Å². The molecule has 1 aliphatic rings. The van der Waals surface area contributed by atoms with Crippen LogP contribution in [0.25, 0.3) is 0 Å². The van der Waals surface area contributed by atoms with Gasteiger partial charge in [-0.1, -0.05) is 0 Å².